The number of aliphatic hydroxyl groups excluding tert-OH is 1. The van der Waals surface area contributed by atoms with E-state index in [9.17, 15) is 9.90 Å². The topological polar surface area (TPSA) is 78.6 Å². The van der Waals surface area contributed by atoms with E-state index in [1.54, 1.807) is 11.9 Å². The Kier molecular flexibility index (Phi) is 6.04. The number of nitrogens with zero attached hydrogens (tertiary/aromatic N) is 2. The number of aryl methyl sites for hydroxylation is 2. The van der Waals surface area contributed by atoms with Crippen LogP contribution in [0.4, 0.5) is 4.79 Å². The van der Waals surface area contributed by atoms with E-state index in [4.69, 9.17) is 4.52 Å². The number of amides is 2. The molecule has 1 aliphatic rings. The van der Waals surface area contributed by atoms with Gasteiger partial charge in [0.2, 0.25) is 0 Å². The van der Waals surface area contributed by atoms with Gasteiger partial charge < -0.3 is 19.8 Å². The van der Waals surface area contributed by atoms with Crippen LogP contribution in [0.1, 0.15) is 55.5 Å². The lowest BCUT2D eigenvalue weighted by atomic mass is 9.86. The van der Waals surface area contributed by atoms with E-state index in [-0.39, 0.29) is 24.0 Å². The average molecular weight is 323 g/mol. The zero-order valence-corrected chi connectivity index (χ0v) is 14.6. The number of carbonyl (C=O) groups is 1. The van der Waals surface area contributed by atoms with Crippen LogP contribution in [0.2, 0.25) is 0 Å². The van der Waals surface area contributed by atoms with Crippen LogP contribution in [0, 0.1) is 19.8 Å². The molecule has 23 heavy (non-hydrogen) atoms. The average Bonchev–Trinajstić information content (AvgIpc) is 2.85. The Morgan fingerprint density at radius 1 is 1.43 bits per heavy atom. The van der Waals surface area contributed by atoms with Gasteiger partial charge in [0.1, 0.15) is 5.76 Å². The molecule has 2 rings (SSSR count). The lowest BCUT2D eigenvalue weighted by molar-refractivity contribution is 0.0565. The van der Waals surface area contributed by atoms with Crippen molar-refractivity contribution in [1.29, 1.82) is 0 Å². The predicted molar refractivity (Wildman–Crippen MR) is 88.4 cm³/mol. The normalized spacial score (nSPS) is 22.7. The molecule has 1 aromatic heterocycles. The smallest absolute Gasteiger partial charge is 0.317 e. The zero-order chi connectivity index (χ0) is 17.0. The third-order valence-electron chi connectivity index (χ3n) is 4.86. The molecule has 0 aliphatic heterocycles. The molecular weight excluding hydrogens is 294 g/mol. The van der Waals surface area contributed by atoms with E-state index in [2.05, 4.69) is 17.4 Å². The lowest BCUT2D eigenvalue weighted by Crippen LogP contribution is -2.43. The van der Waals surface area contributed by atoms with Crippen LogP contribution in [0.3, 0.4) is 0 Å². The van der Waals surface area contributed by atoms with Gasteiger partial charge in [-0.1, -0.05) is 24.9 Å². The summed E-state index contributed by atoms with van der Waals surface area (Å²) in [7, 11) is 1.79. The summed E-state index contributed by atoms with van der Waals surface area (Å²) in [4.78, 5) is 13.9. The van der Waals surface area contributed by atoms with Crippen LogP contribution >= 0.6 is 0 Å². The molecule has 1 saturated carbocycles. The minimum Gasteiger partial charge on any atom is -0.393 e. The molecule has 0 aromatic carbocycles. The van der Waals surface area contributed by atoms with Crippen LogP contribution in [0.5, 0.6) is 0 Å². The van der Waals surface area contributed by atoms with Gasteiger partial charge in [0.25, 0.3) is 0 Å². The number of nitrogens with one attached hydrogen (secondary N) is 1. The number of hydrogen-bond donors (Lipinski definition) is 2. The molecule has 130 valence electrons. The lowest BCUT2D eigenvalue weighted by Gasteiger charge is -2.31. The molecule has 0 spiro atoms. The molecule has 2 amide bonds. The second kappa shape index (κ2) is 7.81. The summed E-state index contributed by atoms with van der Waals surface area (Å²) in [5, 5.41) is 17.0. The molecule has 6 heteroatoms. The first-order valence-electron chi connectivity index (χ1n) is 8.50. The highest BCUT2D eigenvalue weighted by molar-refractivity contribution is 5.73. The van der Waals surface area contributed by atoms with Crippen molar-refractivity contribution >= 4 is 6.03 Å². The molecule has 0 saturated heterocycles. The fraction of sp³-hybridized carbons (Fsp3) is 0.765. The van der Waals surface area contributed by atoms with Gasteiger partial charge in [-0.3, -0.25) is 0 Å². The number of aliphatic hydroxyl groups is 1. The van der Waals surface area contributed by atoms with E-state index in [1.807, 2.05) is 13.8 Å². The molecule has 0 radical (unpaired) electrons. The largest absolute Gasteiger partial charge is 0.393 e. The summed E-state index contributed by atoms with van der Waals surface area (Å²) in [6.45, 7) is 7.01. The molecule has 6 nitrogen and oxygen atoms in total. The van der Waals surface area contributed by atoms with Gasteiger partial charge in [0.05, 0.1) is 11.8 Å². The maximum Gasteiger partial charge on any atom is 0.317 e. The highest BCUT2D eigenvalue weighted by Gasteiger charge is 2.26. The number of rotatable bonds is 5. The fourth-order valence-corrected chi connectivity index (χ4v) is 3.51. The maximum absolute atomic E-state index is 12.3. The quantitative estimate of drug-likeness (QED) is 0.873. The molecule has 1 aromatic rings. The fourth-order valence-electron chi connectivity index (χ4n) is 3.51. The second-order valence-electron chi connectivity index (χ2n) is 6.82. The summed E-state index contributed by atoms with van der Waals surface area (Å²) >= 11 is 0. The molecule has 1 fully saturated rings. The zero-order valence-electron chi connectivity index (χ0n) is 14.6. The van der Waals surface area contributed by atoms with Gasteiger partial charge in [-0.05, 0) is 26.7 Å². The van der Waals surface area contributed by atoms with Crippen molar-refractivity contribution in [2.75, 3.05) is 20.1 Å². The summed E-state index contributed by atoms with van der Waals surface area (Å²) in [5.74, 6) is 1.15. The van der Waals surface area contributed by atoms with Crippen molar-refractivity contribution < 1.29 is 14.4 Å². The van der Waals surface area contributed by atoms with Crippen molar-refractivity contribution in [3.63, 3.8) is 0 Å². The Labute approximate surface area is 138 Å². The first-order valence-corrected chi connectivity index (χ1v) is 8.50. The molecule has 3 atom stereocenters. The maximum atomic E-state index is 12.3. The van der Waals surface area contributed by atoms with Crippen molar-refractivity contribution in [2.45, 2.75) is 58.5 Å². The van der Waals surface area contributed by atoms with Crippen molar-refractivity contribution in [3.8, 4) is 0 Å². The highest BCUT2D eigenvalue weighted by Crippen LogP contribution is 2.25. The number of aromatic nitrogens is 1. The molecule has 1 heterocycles. The van der Waals surface area contributed by atoms with Gasteiger partial charge in [-0.2, -0.15) is 0 Å². The summed E-state index contributed by atoms with van der Waals surface area (Å²) in [6.07, 6.45) is 3.79. The number of urea groups is 1. The first-order chi connectivity index (χ1) is 10.9. The van der Waals surface area contributed by atoms with E-state index in [0.29, 0.717) is 13.1 Å². The monoisotopic (exact) mass is 323 g/mol. The van der Waals surface area contributed by atoms with E-state index < -0.39 is 0 Å². The number of hydrogen-bond acceptors (Lipinski definition) is 4. The Bertz CT molecular complexity index is 510. The third kappa shape index (κ3) is 4.47. The van der Waals surface area contributed by atoms with Gasteiger partial charge in [-0.25, -0.2) is 4.79 Å². The van der Waals surface area contributed by atoms with Crippen LogP contribution in [0.25, 0.3) is 0 Å². The van der Waals surface area contributed by atoms with Crippen LogP contribution in [0.15, 0.2) is 4.52 Å². The van der Waals surface area contributed by atoms with Crippen LogP contribution in [-0.4, -0.2) is 47.4 Å². The van der Waals surface area contributed by atoms with E-state index in [0.717, 1.165) is 42.7 Å². The van der Waals surface area contributed by atoms with Gasteiger partial charge in [0.15, 0.2) is 0 Å². The van der Waals surface area contributed by atoms with Gasteiger partial charge in [-0.15, -0.1) is 0 Å². The summed E-state index contributed by atoms with van der Waals surface area (Å²) in [6, 6.07) is -0.0959. The number of carbonyl (C=O) groups excluding carboxylic acids is 1. The van der Waals surface area contributed by atoms with Gasteiger partial charge in [0, 0.05) is 37.5 Å². The third-order valence-corrected chi connectivity index (χ3v) is 4.86. The minimum absolute atomic E-state index is 0.0959. The van der Waals surface area contributed by atoms with Crippen LogP contribution < -0.4 is 5.32 Å². The Morgan fingerprint density at radius 2 is 2.13 bits per heavy atom. The van der Waals surface area contributed by atoms with Crippen molar-refractivity contribution in [1.82, 2.24) is 15.4 Å². The second-order valence-corrected chi connectivity index (χ2v) is 6.82. The molecule has 0 bridgehead atoms. The molecular formula is C17H29N3O3. The molecule has 3 unspecified atom stereocenters. The van der Waals surface area contributed by atoms with Crippen LogP contribution in [-0.2, 0) is 0 Å². The van der Waals surface area contributed by atoms with E-state index >= 15 is 0 Å². The van der Waals surface area contributed by atoms with Gasteiger partial charge >= 0.3 is 6.03 Å². The van der Waals surface area contributed by atoms with E-state index in [1.165, 1.54) is 0 Å². The Balaban J connectivity index is 1.82. The SMILES string of the molecule is Cc1noc(C)c1C(C)CNC(=O)N(C)CC1CCCCC1O. The van der Waals surface area contributed by atoms with Crippen molar-refractivity contribution in [2.24, 2.45) is 5.92 Å². The standard InChI is InChI=1S/C17H29N3O3/c1-11(16-12(2)19-23-13(16)3)9-18-17(22)20(4)10-14-7-5-6-8-15(14)21/h11,14-15,21H,5-10H2,1-4H3,(H,18,22). The molecule has 1 aliphatic carbocycles. The first kappa shape index (κ1) is 17.8. The Morgan fingerprint density at radius 3 is 2.74 bits per heavy atom. The molecule has 2 N–H and O–H groups in total. The minimum atomic E-state index is -0.278. The van der Waals surface area contributed by atoms with Crippen molar-refractivity contribution in [3.05, 3.63) is 17.0 Å². The summed E-state index contributed by atoms with van der Waals surface area (Å²) in [5.41, 5.74) is 1.94. The predicted octanol–water partition coefficient (Wildman–Crippen LogP) is 2.59. The highest BCUT2D eigenvalue weighted by atomic mass is 16.5. The Hall–Kier alpha value is -1.56. The summed E-state index contributed by atoms with van der Waals surface area (Å²) < 4.78 is 5.18.